The molecule has 8 heteroatoms. The van der Waals surface area contributed by atoms with E-state index in [9.17, 15) is 9.59 Å². The summed E-state index contributed by atoms with van der Waals surface area (Å²) in [6, 6.07) is 11.0. The summed E-state index contributed by atoms with van der Waals surface area (Å²) in [4.78, 5) is 35.6. The summed E-state index contributed by atoms with van der Waals surface area (Å²) in [6.45, 7) is 1.75. The molecule has 3 aromatic rings. The lowest BCUT2D eigenvalue weighted by atomic mass is 9.91. The second kappa shape index (κ2) is 9.51. The van der Waals surface area contributed by atoms with Crippen molar-refractivity contribution in [3.8, 4) is 0 Å². The van der Waals surface area contributed by atoms with E-state index in [0.29, 0.717) is 36.8 Å². The Morgan fingerprint density at radius 3 is 2.48 bits per heavy atom. The molecule has 1 fully saturated rings. The molecule has 1 aliphatic heterocycles. The predicted molar refractivity (Wildman–Crippen MR) is 115 cm³/mol. The molecule has 0 aromatic carbocycles. The van der Waals surface area contributed by atoms with Gasteiger partial charge < -0.3 is 10.2 Å². The minimum absolute atomic E-state index is 0.0218. The van der Waals surface area contributed by atoms with Crippen molar-refractivity contribution in [2.24, 2.45) is 13.0 Å². The number of aromatic nitrogens is 4. The highest BCUT2D eigenvalue weighted by Crippen LogP contribution is 2.23. The van der Waals surface area contributed by atoms with Crippen molar-refractivity contribution in [1.82, 2.24) is 30.0 Å². The van der Waals surface area contributed by atoms with Gasteiger partial charge in [-0.05, 0) is 49.4 Å². The third-order valence-corrected chi connectivity index (χ3v) is 5.57. The third-order valence-electron chi connectivity index (χ3n) is 5.57. The Morgan fingerprint density at radius 2 is 1.81 bits per heavy atom. The Morgan fingerprint density at radius 1 is 1.06 bits per heavy atom. The van der Waals surface area contributed by atoms with E-state index in [-0.39, 0.29) is 11.8 Å². The molecule has 0 saturated carbocycles. The summed E-state index contributed by atoms with van der Waals surface area (Å²) < 4.78 is 1.69. The zero-order valence-electron chi connectivity index (χ0n) is 17.6. The lowest BCUT2D eigenvalue weighted by molar-refractivity contribution is 0.0684. The maximum Gasteiger partial charge on any atom is 0.272 e. The molecule has 0 bridgehead atoms. The molecule has 0 spiro atoms. The van der Waals surface area contributed by atoms with E-state index >= 15 is 0 Å². The van der Waals surface area contributed by atoms with Gasteiger partial charge in [0.05, 0.1) is 23.5 Å². The Kier molecular flexibility index (Phi) is 6.35. The van der Waals surface area contributed by atoms with Crippen molar-refractivity contribution < 1.29 is 9.59 Å². The van der Waals surface area contributed by atoms with E-state index in [0.717, 1.165) is 30.7 Å². The molecule has 4 heterocycles. The van der Waals surface area contributed by atoms with Crippen molar-refractivity contribution in [2.45, 2.75) is 25.8 Å². The van der Waals surface area contributed by atoms with E-state index in [2.05, 4.69) is 20.4 Å². The largest absolute Gasteiger partial charge is 0.346 e. The van der Waals surface area contributed by atoms with Gasteiger partial charge in [0.15, 0.2) is 0 Å². The number of piperidine rings is 1. The lowest BCUT2D eigenvalue weighted by Crippen LogP contribution is -2.39. The number of aryl methyl sites for hydroxylation is 1. The summed E-state index contributed by atoms with van der Waals surface area (Å²) in [5.74, 6) is 0.216. The summed E-state index contributed by atoms with van der Waals surface area (Å²) in [7, 11) is 1.83. The van der Waals surface area contributed by atoms with Gasteiger partial charge in [-0.15, -0.1) is 0 Å². The van der Waals surface area contributed by atoms with Crippen LogP contribution in [0.3, 0.4) is 0 Å². The zero-order chi connectivity index (χ0) is 21.6. The number of pyridine rings is 2. The maximum absolute atomic E-state index is 12.7. The van der Waals surface area contributed by atoms with Crippen molar-refractivity contribution in [3.63, 3.8) is 0 Å². The number of amides is 2. The summed E-state index contributed by atoms with van der Waals surface area (Å²) in [5.41, 5.74) is 2.70. The quantitative estimate of drug-likeness (QED) is 0.663. The first-order valence-electron chi connectivity index (χ1n) is 10.5. The van der Waals surface area contributed by atoms with Crippen molar-refractivity contribution in [1.29, 1.82) is 0 Å². The second-order valence-corrected chi connectivity index (χ2v) is 7.82. The predicted octanol–water partition coefficient (Wildman–Crippen LogP) is 2.24. The van der Waals surface area contributed by atoms with Gasteiger partial charge in [0, 0.05) is 38.7 Å². The summed E-state index contributed by atoms with van der Waals surface area (Å²) in [6.07, 6.45) is 7.60. The number of nitrogens with one attached hydrogen (secondary N) is 1. The average Bonchev–Trinajstić information content (AvgIpc) is 3.18. The number of carbonyl (C=O) groups excluding carboxylic acids is 2. The molecular weight excluding hydrogens is 392 g/mol. The smallest absolute Gasteiger partial charge is 0.272 e. The number of carbonyl (C=O) groups is 2. The highest BCUT2D eigenvalue weighted by atomic mass is 16.2. The monoisotopic (exact) mass is 418 g/mol. The number of hydrogen-bond acceptors (Lipinski definition) is 5. The minimum Gasteiger partial charge on any atom is -0.346 e. The van der Waals surface area contributed by atoms with Crippen molar-refractivity contribution >= 4 is 11.8 Å². The Hall–Kier alpha value is -3.55. The molecule has 1 saturated heterocycles. The van der Waals surface area contributed by atoms with Crippen LogP contribution in [0, 0.1) is 5.92 Å². The molecule has 0 aliphatic carbocycles. The van der Waals surface area contributed by atoms with Crippen LogP contribution in [0.15, 0.2) is 55.0 Å². The summed E-state index contributed by atoms with van der Waals surface area (Å²) in [5, 5.41) is 7.46. The normalized spacial score (nSPS) is 14.4. The fourth-order valence-electron chi connectivity index (χ4n) is 3.91. The highest BCUT2D eigenvalue weighted by molar-refractivity contribution is 5.95. The van der Waals surface area contributed by atoms with Crippen molar-refractivity contribution in [3.05, 3.63) is 77.6 Å². The molecule has 0 radical (unpaired) electrons. The van der Waals surface area contributed by atoms with Crippen LogP contribution in [0.1, 0.15) is 45.1 Å². The SMILES string of the molecule is Cn1cc(C(=O)NCc2ccccn2)c(CC2CCN(C(=O)c3ccccn3)CC2)n1. The van der Waals surface area contributed by atoms with Gasteiger partial charge in [-0.25, -0.2) is 0 Å². The molecule has 1 N–H and O–H groups in total. The van der Waals surface area contributed by atoms with Crippen LogP contribution in [0.5, 0.6) is 0 Å². The lowest BCUT2D eigenvalue weighted by Gasteiger charge is -2.31. The van der Waals surface area contributed by atoms with E-state index in [1.807, 2.05) is 36.2 Å². The zero-order valence-corrected chi connectivity index (χ0v) is 17.6. The first-order valence-corrected chi connectivity index (χ1v) is 10.5. The molecule has 2 amide bonds. The maximum atomic E-state index is 12.7. The van der Waals surface area contributed by atoms with Crippen LogP contribution in [-0.4, -0.2) is 49.6 Å². The molecule has 31 heavy (non-hydrogen) atoms. The average molecular weight is 419 g/mol. The fourth-order valence-corrected chi connectivity index (χ4v) is 3.91. The first kappa shape index (κ1) is 20.7. The van der Waals surface area contributed by atoms with Gasteiger partial charge in [0.1, 0.15) is 5.69 Å². The van der Waals surface area contributed by atoms with Crippen LogP contribution in [-0.2, 0) is 20.0 Å². The molecule has 3 aromatic heterocycles. The van der Waals surface area contributed by atoms with Crippen LogP contribution < -0.4 is 5.32 Å². The van der Waals surface area contributed by atoms with E-state index in [1.54, 1.807) is 35.4 Å². The number of likely N-dealkylation sites (tertiary alicyclic amines) is 1. The Labute approximate surface area is 181 Å². The van der Waals surface area contributed by atoms with Gasteiger partial charge in [0.2, 0.25) is 0 Å². The molecule has 8 nitrogen and oxygen atoms in total. The fraction of sp³-hybridized carbons (Fsp3) is 0.348. The number of rotatable bonds is 6. The Bertz CT molecular complexity index is 1030. The van der Waals surface area contributed by atoms with Gasteiger partial charge in [-0.1, -0.05) is 12.1 Å². The standard InChI is InChI=1S/C23H26N6O2/c1-28-16-19(22(30)26-15-18-6-2-4-10-24-18)21(27-28)14-17-8-12-29(13-9-17)23(31)20-7-3-5-11-25-20/h2-7,10-11,16-17H,8-9,12-15H2,1H3,(H,26,30). The van der Waals surface area contributed by atoms with E-state index in [1.165, 1.54) is 0 Å². The molecule has 0 atom stereocenters. The van der Waals surface area contributed by atoms with Crippen LogP contribution >= 0.6 is 0 Å². The third kappa shape index (κ3) is 5.14. The number of nitrogens with zero attached hydrogens (tertiary/aromatic N) is 5. The van der Waals surface area contributed by atoms with Crippen LogP contribution in [0.2, 0.25) is 0 Å². The topological polar surface area (TPSA) is 93.0 Å². The van der Waals surface area contributed by atoms with Gasteiger partial charge >= 0.3 is 0 Å². The molecule has 0 unspecified atom stereocenters. The van der Waals surface area contributed by atoms with Crippen LogP contribution in [0.4, 0.5) is 0 Å². The van der Waals surface area contributed by atoms with Gasteiger partial charge in [-0.2, -0.15) is 5.10 Å². The van der Waals surface area contributed by atoms with E-state index in [4.69, 9.17) is 0 Å². The molecular formula is C23H26N6O2. The second-order valence-electron chi connectivity index (χ2n) is 7.82. The van der Waals surface area contributed by atoms with Gasteiger partial charge in [-0.3, -0.25) is 24.2 Å². The summed E-state index contributed by atoms with van der Waals surface area (Å²) >= 11 is 0. The van der Waals surface area contributed by atoms with Crippen LogP contribution in [0.25, 0.3) is 0 Å². The highest BCUT2D eigenvalue weighted by Gasteiger charge is 2.26. The minimum atomic E-state index is -0.142. The molecule has 4 rings (SSSR count). The molecule has 1 aliphatic rings. The van der Waals surface area contributed by atoms with E-state index < -0.39 is 0 Å². The van der Waals surface area contributed by atoms with Gasteiger partial charge in [0.25, 0.3) is 11.8 Å². The van der Waals surface area contributed by atoms with Crippen molar-refractivity contribution in [2.75, 3.05) is 13.1 Å². The number of hydrogen-bond donors (Lipinski definition) is 1. The molecule has 160 valence electrons. The Balaban J connectivity index is 1.34. The first-order chi connectivity index (χ1) is 15.1.